The van der Waals surface area contributed by atoms with Crippen molar-refractivity contribution in [2.45, 2.75) is 13.3 Å². The first-order valence-corrected chi connectivity index (χ1v) is 8.87. The molecule has 132 valence electrons. The monoisotopic (exact) mass is 338 g/mol. The van der Waals surface area contributed by atoms with Crippen molar-refractivity contribution < 1.29 is 9.53 Å². The van der Waals surface area contributed by atoms with Crippen LogP contribution in [0.15, 0.2) is 48.5 Å². The minimum absolute atomic E-state index is 0.198. The summed E-state index contributed by atoms with van der Waals surface area (Å²) in [6.45, 7) is 7.03. The maximum absolute atomic E-state index is 12.3. The van der Waals surface area contributed by atoms with Crippen LogP contribution >= 0.6 is 0 Å². The Morgan fingerprint density at radius 3 is 2.32 bits per heavy atom. The van der Waals surface area contributed by atoms with Crippen molar-refractivity contribution in [3.63, 3.8) is 0 Å². The Balaban J connectivity index is 1.47. The van der Waals surface area contributed by atoms with Crippen LogP contribution in [-0.4, -0.2) is 50.5 Å². The van der Waals surface area contributed by atoms with E-state index in [2.05, 4.69) is 41.0 Å². The number of methoxy groups -OCH3 is 1. The van der Waals surface area contributed by atoms with Gasteiger partial charge in [0.15, 0.2) is 5.78 Å². The average Bonchev–Trinajstić information content (AvgIpc) is 2.67. The molecule has 2 aromatic carbocycles. The quantitative estimate of drug-likeness (QED) is 0.756. The van der Waals surface area contributed by atoms with Gasteiger partial charge in [0.2, 0.25) is 0 Å². The molecule has 0 amide bonds. The first kappa shape index (κ1) is 17.5. The van der Waals surface area contributed by atoms with Gasteiger partial charge in [-0.3, -0.25) is 9.69 Å². The number of carbonyl (C=O) groups is 1. The van der Waals surface area contributed by atoms with Crippen LogP contribution in [0, 0.1) is 6.92 Å². The molecule has 0 atom stereocenters. The summed E-state index contributed by atoms with van der Waals surface area (Å²) < 4.78 is 5.13. The fourth-order valence-corrected chi connectivity index (χ4v) is 3.31. The number of Topliss-reactive ketones (excluding diaryl/α,β-unsaturated/α-hetero) is 1. The number of para-hydroxylation sites is 1. The van der Waals surface area contributed by atoms with Gasteiger partial charge in [-0.15, -0.1) is 0 Å². The fourth-order valence-electron chi connectivity index (χ4n) is 3.31. The van der Waals surface area contributed by atoms with E-state index in [0.717, 1.165) is 44.0 Å². The Morgan fingerprint density at radius 2 is 1.68 bits per heavy atom. The number of nitrogens with zero attached hydrogens (tertiary/aromatic N) is 2. The van der Waals surface area contributed by atoms with Crippen LogP contribution in [-0.2, 0) is 0 Å². The molecule has 0 aromatic heterocycles. The lowest BCUT2D eigenvalue weighted by Crippen LogP contribution is -2.47. The number of rotatable bonds is 6. The number of anilines is 1. The lowest BCUT2D eigenvalue weighted by molar-refractivity contribution is 0.0962. The van der Waals surface area contributed by atoms with Gasteiger partial charge in [-0.05, 0) is 42.8 Å². The summed E-state index contributed by atoms with van der Waals surface area (Å²) in [6.07, 6.45) is 0.566. The van der Waals surface area contributed by atoms with E-state index in [1.54, 1.807) is 7.11 Å². The highest BCUT2D eigenvalue weighted by atomic mass is 16.5. The number of ketones is 1. The molecular weight excluding hydrogens is 312 g/mol. The van der Waals surface area contributed by atoms with Gasteiger partial charge in [-0.25, -0.2) is 0 Å². The van der Waals surface area contributed by atoms with E-state index in [4.69, 9.17) is 4.74 Å². The van der Waals surface area contributed by atoms with Gasteiger partial charge in [0.25, 0.3) is 0 Å². The highest BCUT2D eigenvalue weighted by Crippen LogP contribution is 2.21. The lowest BCUT2D eigenvalue weighted by Gasteiger charge is -2.36. The predicted octanol–water partition coefficient (Wildman–Crippen LogP) is 3.40. The van der Waals surface area contributed by atoms with Crippen LogP contribution in [0.3, 0.4) is 0 Å². The summed E-state index contributed by atoms with van der Waals surface area (Å²) >= 11 is 0. The van der Waals surface area contributed by atoms with Gasteiger partial charge >= 0.3 is 0 Å². The van der Waals surface area contributed by atoms with E-state index in [9.17, 15) is 4.79 Å². The van der Waals surface area contributed by atoms with Crippen LogP contribution in [0.25, 0.3) is 0 Å². The van der Waals surface area contributed by atoms with E-state index in [1.807, 2.05) is 24.3 Å². The summed E-state index contributed by atoms with van der Waals surface area (Å²) in [5, 5.41) is 0. The standard InChI is InChI=1S/C21H26N2O2/c1-17-5-3-4-6-20(17)23-15-13-22(14-16-23)12-11-21(24)18-7-9-19(25-2)10-8-18/h3-10H,11-16H2,1-2H3. The molecule has 2 aromatic rings. The Kier molecular flexibility index (Phi) is 5.71. The zero-order valence-corrected chi connectivity index (χ0v) is 15.1. The van der Waals surface area contributed by atoms with E-state index >= 15 is 0 Å². The Bertz CT molecular complexity index is 704. The van der Waals surface area contributed by atoms with Gasteiger partial charge in [-0.1, -0.05) is 18.2 Å². The summed E-state index contributed by atoms with van der Waals surface area (Å²) in [5.74, 6) is 0.980. The maximum atomic E-state index is 12.3. The number of hydrogen-bond donors (Lipinski definition) is 0. The molecule has 1 aliphatic heterocycles. The van der Waals surface area contributed by atoms with Crippen molar-refractivity contribution in [3.05, 3.63) is 59.7 Å². The molecule has 1 fully saturated rings. The van der Waals surface area contributed by atoms with Gasteiger partial charge in [0, 0.05) is 50.4 Å². The number of aryl methyl sites for hydroxylation is 1. The van der Waals surface area contributed by atoms with Crippen LogP contribution < -0.4 is 9.64 Å². The van der Waals surface area contributed by atoms with Crippen molar-refractivity contribution in [1.82, 2.24) is 4.90 Å². The number of carbonyl (C=O) groups excluding carboxylic acids is 1. The average molecular weight is 338 g/mol. The van der Waals surface area contributed by atoms with Gasteiger partial charge in [0.1, 0.15) is 5.75 Å². The third-order valence-corrected chi connectivity index (χ3v) is 4.90. The first-order chi connectivity index (χ1) is 12.2. The van der Waals surface area contributed by atoms with Crippen LogP contribution in [0.2, 0.25) is 0 Å². The highest BCUT2D eigenvalue weighted by Gasteiger charge is 2.19. The second-order valence-corrected chi connectivity index (χ2v) is 6.52. The second kappa shape index (κ2) is 8.17. The topological polar surface area (TPSA) is 32.8 Å². The molecule has 0 N–H and O–H groups in total. The second-order valence-electron chi connectivity index (χ2n) is 6.52. The molecule has 0 bridgehead atoms. The molecule has 3 rings (SSSR count). The van der Waals surface area contributed by atoms with E-state index in [1.165, 1.54) is 11.3 Å². The van der Waals surface area contributed by atoms with E-state index < -0.39 is 0 Å². The third kappa shape index (κ3) is 4.40. The number of hydrogen-bond acceptors (Lipinski definition) is 4. The molecule has 1 saturated heterocycles. The zero-order chi connectivity index (χ0) is 17.6. The number of ether oxygens (including phenoxy) is 1. The molecule has 0 radical (unpaired) electrons. The molecular formula is C21H26N2O2. The van der Waals surface area contributed by atoms with Gasteiger partial charge in [0.05, 0.1) is 7.11 Å². The minimum atomic E-state index is 0.198. The fraction of sp³-hybridized carbons (Fsp3) is 0.381. The van der Waals surface area contributed by atoms with Gasteiger partial charge < -0.3 is 9.64 Å². The Labute approximate surface area is 150 Å². The highest BCUT2D eigenvalue weighted by molar-refractivity contribution is 5.96. The molecule has 0 spiro atoms. The molecule has 0 aliphatic carbocycles. The first-order valence-electron chi connectivity index (χ1n) is 8.87. The van der Waals surface area contributed by atoms with Crippen molar-refractivity contribution in [1.29, 1.82) is 0 Å². The lowest BCUT2D eigenvalue weighted by atomic mass is 10.1. The summed E-state index contributed by atoms with van der Waals surface area (Å²) in [4.78, 5) is 17.2. The largest absolute Gasteiger partial charge is 0.497 e. The zero-order valence-electron chi connectivity index (χ0n) is 15.1. The third-order valence-electron chi connectivity index (χ3n) is 4.90. The summed E-state index contributed by atoms with van der Waals surface area (Å²) in [5.41, 5.74) is 3.42. The van der Waals surface area contributed by atoms with Crippen molar-refractivity contribution in [2.75, 3.05) is 44.7 Å². The van der Waals surface area contributed by atoms with Crippen molar-refractivity contribution >= 4 is 11.5 Å². The molecule has 0 unspecified atom stereocenters. The SMILES string of the molecule is COc1ccc(C(=O)CCN2CCN(c3ccccc3C)CC2)cc1. The Morgan fingerprint density at radius 1 is 1.00 bits per heavy atom. The minimum Gasteiger partial charge on any atom is -0.497 e. The normalized spacial score (nSPS) is 15.2. The molecule has 1 aliphatic rings. The molecule has 4 heteroatoms. The number of piperazine rings is 1. The van der Waals surface area contributed by atoms with E-state index in [0.29, 0.717) is 6.42 Å². The maximum Gasteiger partial charge on any atom is 0.164 e. The number of benzene rings is 2. The Hall–Kier alpha value is -2.33. The van der Waals surface area contributed by atoms with Crippen LogP contribution in [0.1, 0.15) is 22.3 Å². The molecule has 0 saturated carbocycles. The van der Waals surface area contributed by atoms with Crippen molar-refractivity contribution in [2.24, 2.45) is 0 Å². The van der Waals surface area contributed by atoms with E-state index in [-0.39, 0.29) is 5.78 Å². The van der Waals surface area contributed by atoms with Crippen LogP contribution in [0.5, 0.6) is 5.75 Å². The predicted molar refractivity (Wildman–Crippen MR) is 102 cm³/mol. The smallest absolute Gasteiger partial charge is 0.164 e. The molecule has 1 heterocycles. The van der Waals surface area contributed by atoms with Crippen LogP contribution in [0.4, 0.5) is 5.69 Å². The summed E-state index contributed by atoms with van der Waals surface area (Å²) in [7, 11) is 1.63. The summed E-state index contributed by atoms with van der Waals surface area (Å²) in [6, 6.07) is 15.9. The van der Waals surface area contributed by atoms with Gasteiger partial charge in [-0.2, -0.15) is 0 Å². The van der Waals surface area contributed by atoms with Crippen molar-refractivity contribution in [3.8, 4) is 5.75 Å². The molecule has 4 nitrogen and oxygen atoms in total. The molecule has 25 heavy (non-hydrogen) atoms.